The fourth-order valence-corrected chi connectivity index (χ4v) is 2.66. The number of nitrogens with one attached hydrogen (secondary N) is 1. The number of anilines is 1. The average molecular weight is 356 g/mol. The van der Waals surface area contributed by atoms with Crippen molar-refractivity contribution in [3.05, 3.63) is 59.1 Å². The van der Waals surface area contributed by atoms with Gasteiger partial charge in [-0.15, -0.1) is 0 Å². The van der Waals surface area contributed by atoms with Crippen LogP contribution in [0.5, 0.6) is 5.75 Å². The summed E-state index contributed by atoms with van der Waals surface area (Å²) in [6.45, 7) is 2.01. The first-order chi connectivity index (χ1) is 12.4. The zero-order valence-electron chi connectivity index (χ0n) is 14.3. The molecule has 0 spiro atoms. The second kappa shape index (κ2) is 6.87. The Kier molecular flexibility index (Phi) is 4.62. The van der Waals surface area contributed by atoms with Gasteiger partial charge < -0.3 is 20.2 Å². The van der Waals surface area contributed by atoms with Gasteiger partial charge in [0.1, 0.15) is 11.5 Å². The second-order valence-electron chi connectivity index (χ2n) is 5.66. The number of halogens is 1. The summed E-state index contributed by atoms with van der Waals surface area (Å²) in [5, 5.41) is 2.78. The number of aryl methyl sites for hydroxylation is 1. The van der Waals surface area contributed by atoms with E-state index in [1.165, 1.54) is 7.11 Å². The van der Waals surface area contributed by atoms with Crippen LogP contribution in [0, 0.1) is 5.82 Å². The zero-order chi connectivity index (χ0) is 18.8. The van der Waals surface area contributed by atoms with Crippen molar-refractivity contribution in [3.63, 3.8) is 0 Å². The Morgan fingerprint density at radius 3 is 2.50 bits per heavy atom. The van der Waals surface area contributed by atoms with Crippen LogP contribution in [0.1, 0.15) is 33.4 Å². The molecule has 26 heavy (non-hydrogen) atoms. The Hall–Kier alpha value is -3.35. The Labute approximate surface area is 148 Å². The van der Waals surface area contributed by atoms with Gasteiger partial charge in [-0.05, 0) is 30.2 Å². The molecule has 1 aromatic heterocycles. The molecule has 0 fully saturated rings. The van der Waals surface area contributed by atoms with Crippen molar-refractivity contribution in [2.75, 3.05) is 12.4 Å². The normalized spacial score (nSPS) is 10.7. The number of rotatable bonds is 5. The molecule has 0 saturated carbocycles. The molecule has 0 aliphatic rings. The van der Waals surface area contributed by atoms with Crippen molar-refractivity contribution < 1.29 is 23.1 Å². The van der Waals surface area contributed by atoms with E-state index in [2.05, 4.69) is 5.32 Å². The minimum Gasteiger partial charge on any atom is -0.493 e. The van der Waals surface area contributed by atoms with Crippen molar-refractivity contribution in [1.29, 1.82) is 0 Å². The number of amides is 2. The molecule has 3 rings (SSSR count). The van der Waals surface area contributed by atoms with E-state index in [9.17, 15) is 14.0 Å². The largest absolute Gasteiger partial charge is 0.493 e. The highest BCUT2D eigenvalue weighted by molar-refractivity contribution is 6.14. The fourth-order valence-electron chi connectivity index (χ4n) is 2.66. The third-order valence-corrected chi connectivity index (χ3v) is 4.03. The lowest BCUT2D eigenvalue weighted by molar-refractivity contribution is 0.0977. The molecule has 0 atom stereocenters. The van der Waals surface area contributed by atoms with Crippen LogP contribution in [-0.2, 0) is 6.42 Å². The molecular formula is C19H17FN2O4. The molecule has 0 aliphatic heterocycles. The van der Waals surface area contributed by atoms with E-state index in [0.29, 0.717) is 5.56 Å². The summed E-state index contributed by atoms with van der Waals surface area (Å²) in [4.78, 5) is 24.3. The van der Waals surface area contributed by atoms with Gasteiger partial charge in [-0.1, -0.05) is 19.1 Å². The number of benzene rings is 2. The van der Waals surface area contributed by atoms with Gasteiger partial charge in [-0.25, -0.2) is 4.39 Å². The van der Waals surface area contributed by atoms with Gasteiger partial charge in [0.15, 0.2) is 11.3 Å². The molecule has 2 aromatic carbocycles. The number of carbonyl (C=O) groups excluding carboxylic acids is 2. The highest BCUT2D eigenvalue weighted by Crippen LogP contribution is 2.37. The molecule has 2 amide bonds. The van der Waals surface area contributed by atoms with Crippen LogP contribution in [0.3, 0.4) is 0 Å². The first kappa shape index (κ1) is 17.5. The monoisotopic (exact) mass is 356 g/mol. The molecule has 0 unspecified atom stereocenters. The standard InChI is InChI=1S/C19H17FN2O4/c1-3-10-4-6-11(7-5-10)19(24)22-15-13-8-12(20)9-14(25-2)16(13)26-17(15)18(21)23/h4-9H,3H2,1-2H3,(H2,21,23)(H,22,24). The number of nitrogens with two attached hydrogens (primary N) is 1. The number of ether oxygens (including phenoxy) is 1. The number of carbonyl (C=O) groups is 2. The molecular weight excluding hydrogens is 339 g/mol. The molecule has 0 radical (unpaired) electrons. The van der Waals surface area contributed by atoms with Crippen LogP contribution in [0.2, 0.25) is 0 Å². The van der Waals surface area contributed by atoms with Crippen LogP contribution in [0.4, 0.5) is 10.1 Å². The summed E-state index contributed by atoms with van der Waals surface area (Å²) in [6, 6.07) is 9.26. The second-order valence-corrected chi connectivity index (χ2v) is 5.66. The lowest BCUT2D eigenvalue weighted by atomic mass is 10.1. The third-order valence-electron chi connectivity index (χ3n) is 4.03. The van der Waals surface area contributed by atoms with E-state index in [1.807, 2.05) is 19.1 Å². The molecule has 6 nitrogen and oxygen atoms in total. The molecule has 7 heteroatoms. The van der Waals surface area contributed by atoms with Gasteiger partial charge in [-0.3, -0.25) is 9.59 Å². The van der Waals surface area contributed by atoms with Gasteiger partial charge in [0.05, 0.1) is 12.5 Å². The highest BCUT2D eigenvalue weighted by atomic mass is 19.1. The maximum absolute atomic E-state index is 13.9. The molecule has 0 bridgehead atoms. The topological polar surface area (TPSA) is 94.6 Å². The lowest BCUT2D eigenvalue weighted by Crippen LogP contribution is -2.17. The van der Waals surface area contributed by atoms with E-state index in [1.54, 1.807) is 12.1 Å². The maximum atomic E-state index is 13.9. The van der Waals surface area contributed by atoms with Crippen molar-refractivity contribution in [3.8, 4) is 5.75 Å². The summed E-state index contributed by atoms with van der Waals surface area (Å²) < 4.78 is 24.4. The smallest absolute Gasteiger partial charge is 0.286 e. The van der Waals surface area contributed by atoms with Crippen molar-refractivity contribution in [2.45, 2.75) is 13.3 Å². The van der Waals surface area contributed by atoms with Crippen LogP contribution in [0.15, 0.2) is 40.8 Å². The fraction of sp³-hybridized carbons (Fsp3) is 0.158. The number of furan rings is 1. The number of fused-ring (bicyclic) bond motifs is 1. The SMILES string of the molecule is CCc1ccc(C(=O)Nc2c(C(N)=O)oc3c(OC)cc(F)cc23)cc1. The lowest BCUT2D eigenvalue weighted by Gasteiger charge is -2.06. The third kappa shape index (κ3) is 3.11. The first-order valence-electron chi connectivity index (χ1n) is 7.94. The minimum absolute atomic E-state index is 0.00914. The summed E-state index contributed by atoms with van der Waals surface area (Å²) in [5.74, 6) is -2.15. The van der Waals surface area contributed by atoms with Gasteiger partial charge in [0, 0.05) is 11.6 Å². The van der Waals surface area contributed by atoms with Gasteiger partial charge in [0.2, 0.25) is 5.76 Å². The summed E-state index contributed by atoms with van der Waals surface area (Å²) >= 11 is 0. The van der Waals surface area contributed by atoms with Crippen LogP contribution in [-0.4, -0.2) is 18.9 Å². The molecule has 3 aromatic rings. The van der Waals surface area contributed by atoms with E-state index in [0.717, 1.165) is 24.1 Å². The van der Waals surface area contributed by atoms with Crippen molar-refractivity contribution in [2.24, 2.45) is 5.73 Å². The first-order valence-corrected chi connectivity index (χ1v) is 7.94. The summed E-state index contributed by atoms with van der Waals surface area (Å²) in [7, 11) is 1.34. The highest BCUT2D eigenvalue weighted by Gasteiger charge is 2.24. The van der Waals surface area contributed by atoms with E-state index >= 15 is 0 Å². The quantitative estimate of drug-likeness (QED) is 0.731. The predicted molar refractivity (Wildman–Crippen MR) is 95.0 cm³/mol. The van der Waals surface area contributed by atoms with Crippen LogP contribution < -0.4 is 15.8 Å². The Morgan fingerprint density at radius 1 is 1.23 bits per heavy atom. The van der Waals surface area contributed by atoms with E-state index in [-0.39, 0.29) is 28.2 Å². The number of methoxy groups -OCH3 is 1. The summed E-state index contributed by atoms with van der Waals surface area (Å²) in [6.07, 6.45) is 0.846. The Balaban J connectivity index is 2.07. The van der Waals surface area contributed by atoms with Crippen LogP contribution in [0.25, 0.3) is 11.0 Å². The number of primary amides is 1. The molecule has 3 N–H and O–H groups in total. The minimum atomic E-state index is -0.889. The average Bonchev–Trinajstić information content (AvgIpc) is 2.99. The van der Waals surface area contributed by atoms with E-state index in [4.69, 9.17) is 14.9 Å². The van der Waals surface area contributed by atoms with Gasteiger partial charge >= 0.3 is 0 Å². The summed E-state index contributed by atoms with van der Waals surface area (Å²) in [5.41, 5.74) is 6.94. The molecule has 134 valence electrons. The van der Waals surface area contributed by atoms with Gasteiger partial charge in [0.25, 0.3) is 11.8 Å². The number of hydrogen-bond donors (Lipinski definition) is 2. The molecule has 0 aliphatic carbocycles. The molecule has 0 saturated heterocycles. The van der Waals surface area contributed by atoms with Gasteiger partial charge in [-0.2, -0.15) is 0 Å². The van der Waals surface area contributed by atoms with Crippen molar-refractivity contribution in [1.82, 2.24) is 0 Å². The maximum Gasteiger partial charge on any atom is 0.286 e. The van der Waals surface area contributed by atoms with Crippen molar-refractivity contribution >= 4 is 28.5 Å². The van der Waals surface area contributed by atoms with Crippen LogP contribution >= 0.6 is 0 Å². The number of hydrogen-bond acceptors (Lipinski definition) is 4. The Morgan fingerprint density at radius 2 is 1.92 bits per heavy atom. The predicted octanol–water partition coefficient (Wildman–Crippen LogP) is 3.49. The molecule has 1 heterocycles. The zero-order valence-corrected chi connectivity index (χ0v) is 14.3. The Bertz CT molecular complexity index is 993. The van der Waals surface area contributed by atoms with E-state index < -0.39 is 17.6 Å².